The van der Waals surface area contributed by atoms with E-state index in [2.05, 4.69) is 0 Å². The van der Waals surface area contributed by atoms with E-state index >= 15 is 0 Å². The summed E-state index contributed by atoms with van der Waals surface area (Å²) in [7, 11) is -4.84. The number of carbonyl (C=O) groups is 1. The predicted octanol–water partition coefficient (Wildman–Crippen LogP) is 2.38. The van der Waals surface area contributed by atoms with Gasteiger partial charge in [0.05, 0.1) is 38.9 Å². The number of ether oxygens (including phenoxy) is 3. The molecular weight excluding hydrogens is 510 g/mol. The van der Waals surface area contributed by atoms with Gasteiger partial charge in [0.1, 0.15) is 6.10 Å². The number of aliphatic hydroxyl groups is 1. The third kappa shape index (κ3) is 7.03. The molecule has 0 spiro atoms. The van der Waals surface area contributed by atoms with Crippen molar-refractivity contribution >= 4 is 21.8 Å². The number of carbonyl (C=O) groups excluding carboxylic acids is 1. The van der Waals surface area contributed by atoms with Gasteiger partial charge in [0, 0.05) is 24.2 Å². The van der Waals surface area contributed by atoms with Crippen LogP contribution in [-0.4, -0.2) is 74.7 Å². The number of amides is 1. The molecule has 4 rings (SSSR count). The van der Waals surface area contributed by atoms with Crippen LogP contribution in [0.2, 0.25) is 0 Å². The van der Waals surface area contributed by atoms with Crippen LogP contribution in [0.25, 0.3) is 0 Å². The summed E-state index contributed by atoms with van der Waals surface area (Å²) < 4.78 is 98.0. The number of nitrogen functional groups attached to an aromatic ring is 1. The lowest BCUT2D eigenvalue weighted by atomic mass is 10.0. The van der Waals surface area contributed by atoms with E-state index < -0.39 is 70.8 Å². The summed E-state index contributed by atoms with van der Waals surface area (Å²) in [6.45, 7) is -0.875. The van der Waals surface area contributed by atoms with Gasteiger partial charge in [-0.15, -0.1) is 0 Å². The minimum absolute atomic E-state index is 0.0622. The Hall–Kier alpha value is -2.70. The summed E-state index contributed by atoms with van der Waals surface area (Å²) in [5, 5.41) is 13.7. The van der Waals surface area contributed by atoms with E-state index in [1.165, 1.54) is 36.4 Å². The molecule has 10 nitrogen and oxygen atoms in total. The van der Waals surface area contributed by atoms with Crippen LogP contribution < -0.4 is 11.1 Å². The van der Waals surface area contributed by atoms with E-state index in [9.17, 15) is 19.7 Å². The standard InChI is InChI=1S/C27H37N3O7S/c1-18(2)15-30(38(33,34)21-10-8-20(28)9-11-21)16-24(31)23(14-19-6-4-3-5-7-19)29-27(32)37-25-17-36-26-22(25)12-13-35-26/h3-11,18,22-26,31H,12-17,28H2,1-2H3,(H,29,32)/t22?,23-,24+,25-,26?/m0/s1/i14D2,16D2,23D,24D. The van der Waals surface area contributed by atoms with E-state index in [1.807, 2.05) is 5.32 Å². The molecule has 2 aromatic rings. The Balaban J connectivity index is 1.80. The van der Waals surface area contributed by atoms with Crippen molar-refractivity contribution in [1.29, 1.82) is 0 Å². The number of hydrogen-bond donors (Lipinski definition) is 3. The fourth-order valence-electron chi connectivity index (χ4n) is 4.11. The molecule has 0 radical (unpaired) electrons. The van der Waals surface area contributed by atoms with Gasteiger partial charge in [0.2, 0.25) is 10.0 Å². The first-order valence-corrected chi connectivity index (χ1v) is 13.7. The van der Waals surface area contributed by atoms with E-state index in [-0.39, 0.29) is 28.1 Å². The first-order valence-electron chi connectivity index (χ1n) is 15.2. The molecule has 0 saturated carbocycles. The Morgan fingerprint density at radius 2 is 1.95 bits per heavy atom. The molecule has 38 heavy (non-hydrogen) atoms. The van der Waals surface area contributed by atoms with Crippen LogP contribution >= 0.6 is 0 Å². The number of hydrogen-bond acceptors (Lipinski definition) is 8. The number of anilines is 1. The summed E-state index contributed by atoms with van der Waals surface area (Å²) in [6, 6.07) is 8.00. The fourth-order valence-corrected chi connectivity index (χ4v) is 5.54. The molecule has 0 bridgehead atoms. The topological polar surface area (TPSA) is 140 Å². The van der Waals surface area contributed by atoms with Crippen molar-refractivity contribution in [1.82, 2.24) is 9.62 Å². The maximum Gasteiger partial charge on any atom is 0.407 e. The zero-order chi connectivity index (χ0) is 32.7. The molecular formula is C27H37N3O7S. The van der Waals surface area contributed by atoms with Gasteiger partial charge in [-0.25, -0.2) is 13.2 Å². The van der Waals surface area contributed by atoms with E-state index in [1.54, 1.807) is 19.9 Å². The maximum absolute atomic E-state index is 13.8. The molecule has 208 valence electrons. The normalized spacial score (nSPS) is 27.6. The quantitative estimate of drug-likeness (QED) is 0.360. The van der Waals surface area contributed by atoms with Crippen molar-refractivity contribution in [3.8, 4) is 0 Å². The number of nitrogens with two attached hydrogens (primary N) is 1. The van der Waals surface area contributed by atoms with Crippen LogP contribution in [-0.2, 0) is 30.6 Å². The number of nitrogens with one attached hydrogen (secondary N) is 1. The molecule has 11 heteroatoms. The maximum atomic E-state index is 13.8. The van der Waals surface area contributed by atoms with Crippen LogP contribution in [0, 0.1) is 11.8 Å². The summed E-state index contributed by atoms with van der Waals surface area (Å²) in [5.74, 6) is -0.906. The lowest BCUT2D eigenvalue weighted by Crippen LogP contribution is -2.51. The van der Waals surface area contributed by atoms with Gasteiger partial charge in [-0.05, 0) is 48.5 Å². The van der Waals surface area contributed by atoms with Gasteiger partial charge in [0.15, 0.2) is 6.29 Å². The second-order valence-electron chi connectivity index (χ2n) is 9.42. The zero-order valence-corrected chi connectivity index (χ0v) is 22.0. The highest BCUT2D eigenvalue weighted by atomic mass is 32.2. The van der Waals surface area contributed by atoms with Gasteiger partial charge >= 0.3 is 6.09 Å². The van der Waals surface area contributed by atoms with Crippen molar-refractivity contribution in [3.63, 3.8) is 0 Å². The molecule has 5 atom stereocenters. The van der Waals surface area contributed by atoms with Crippen LogP contribution in [0.15, 0.2) is 59.5 Å². The van der Waals surface area contributed by atoms with Gasteiger partial charge < -0.3 is 30.4 Å². The lowest BCUT2D eigenvalue weighted by molar-refractivity contribution is -0.0907. The summed E-state index contributed by atoms with van der Waals surface area (Å²) in [4.78, 5) is 12.9. The van der Waals surface area contributed by atoms with Gasteiger partial charge in [-0.1, -0.05) is 44.2 Å². The van der Waals surface area contributed by atoms with Crippen molar-refractivity contribution in [3.05, 3.63) is 60.2 Å². The van der Waals surface area contributed by atoms with Gasteiger partial charge in [0.25, 0.3) is 0 Å². The van der Waals surface area contributed by atoms with Crippen molar-refractivity contribution < 1.29 is 40.8 Å². The van der Waals surface area contributed by atoms with Gasteiger partial charge in [-0.2, -0.15) is 4.31 Å². The van der Waals surface area contributed by atoms with Crippen molar-refractivity contribution in [2.24, 2.45) is 11.8 Å². The summed E-state index contributed by atoms with van der Waals surface area (Å²) in [6.07, 6.45) is -9.64. The summed E-state index contributed by atoms with van der Waals surface area (Å²) >= 11 is 0. The molecule has 4 N–H and O–H groups in total. The monoisotopic (exact) mass is 553 g/mol. The SMILES string of the molecule is [2H]C([2H])(c1ccccc1)[C@]([2H])(NC(=O)O[C@H]1COC2OCCC21)[C@]([2H])(O)C([2H])([2H])N(CC(C)C)S(=O)(=O)c1ccc(N)cc1. The minimum Gasteiger partial charge on any atom is -0.443 e. The van der Waals surface area contributed by atoms with Crippen LogP contribution in [0.4, 0.5) is 10.5 Å². The van der Waals surface area contributed by atoms with E-state index in [0.29, 0.717) is 13.0 Å². The molecule has 2 aliphatic rings. The van der Waals surface area contributed by atoms with Crippen molar-refractivity contribution in [2.75, 3.05) is 32.0 Å². The highest BCUT2D eigenvalue weighted by molar-refractivity contribution is 7.89. The van der Waals surface area contributed by atoms with Crippen LogP contribution in [0.3, 0.4) is 0 Å². The Labute approximate surface area is 232 Å². The number of rotatable bonds is 11. The smallest absolute Gasteiger partial charge is 0.407 e. The largest absolute Gasteiger partial charge is 0.443 e. The molecule has 2 aromatic carbocycles. The molecule has 2 fully saturated rings. The lowest BCUT2D eigenvalue weighted by Gasteiger charge is -2.31. The molecule has 2 aliphatic heterocycles. The highest BCUT2D eigenvalue weighted by Crippen LogP contribution is 2.33. The average Bonchev–Trinajstić information content (AvgIpc) is 3.57. The van der Waals surface area contributed by atoms with Crippen LogP contribution in [0.5, 0.6) is 0 Å². The average molecular weight is 554 g/mol. The molecule has 1 amide bonds. The Morgan fingerprint density at radius 3 is 2.63 bits per heavy atom. The first-order chi connectivity index (χ1) is 20.4. The van der Waals surface area contributed by atoms with Gasteiger partial charge in [-0.3, -0.25) is 0 Å². The molecule has 2 saturated heterocycles. The van der Waals surface area contributed by atoms with Crippen molar-refractivity contribution in [2.45, 2.75) is 56.0 Å². The number of sulfonamides is 1. The third-order valence-electron chi connectivity index (χ3n) is 5.98. The molecule has 0 aromatic heterocycles. The Bertz CT molecular complexity index is 1430. The zero-order valence-electron chi connectivity index (χ0n) is 27.2. The summed E-state index contributed by atoms with van der Waals surface area (Å²) in [5.41, 5.74) is 5.61. The van der Waals surface area contributed by atoms with E-state index in [4.69, 9.17) is 26.8 Å². The Morgan fingerprint density at radius 1 is 1.24 bits per heavy atom. The number of fused-ring (bicyclic) bond motifs is 1. The second kappa shape index (κ2) is 12.4. The van der Waals surface area contributed by atoms with E-state index in [0.717, 1.165) is 12.1 Å². The Kier molecular flexibility index (Phi) is 6.93. The minimum atomic E-state index is -4.84. The number of alkyl carbamates (subject to hydrolysis) is 1. The predicted molar refractivity (Wildman–Crippen MR) is 142 cm³/mol. The molecule has 0 aliphatic carbocycles. The number of nitrogens with zero attached hydrogens (tertiary/aromatic N) is 1. The fraction of sp³-hybridized carbons (Fsp3) is 0.519. The molecule has 2 unspecified atom stereocenters. The van der Waals surface area contributed by atoms with Crippen LogP contribution in [0.1, 0.15) is 34.1 Å². The highest BCUT2D eigenvalue weighted by Gasteiger charge is 2.44. The third-order valence-corrected chi connectivity index (χ3v) is 7.67. The first kappa shape index (κ1) is 21.2. The molecule has 2 heterocycles. The number of benzene rings is 2. The second-order valence-corrected chi connectivity index (χ2v) is 11.3.